The summed E-state index contributed by atoms with van der Waals surface area (Å²) in [5, 5.41) is 0. The maximum absolute atomic E-state index is 11.7. The van der Waals surface area contributed by atoms with Crippen molar-refractivity contribution in [1.29, 1.82) is 0 Å². The molecule has 106 valence electrons. The topological polar surface area (TPSA) is 46.8 Å². The summed E-state index contributed by atoms with van der Waals surface area (Å²) in [6.45, 7) is 3.68. The van der Waals surface area contributed by atoms with E-state index < -0.39 is 0 Å². The summed E-state index contributed by atoms with van der Waals surface area (Å²) in [7, 11) is 1.45. The molecule has 1 aliphatic rings. The van der Waals surface area contributed by atoms with Crippen molar-refractivity contribution < 1.29 is 9.53 Å². The predicted molar refractivity (Wildman–Crippen MR) is 75.4 cm³/mol. The molecule has 20 heavy (non-hydrogen) atoms. The number of aromatic nitrogens is 2. The van der Waals surface area contributed by atoms with E-state index >= 15 is 0 Å². The number of rotatable bonds is 3. The lowest BCUT2D eigenvalue weighted by Crippen LogP contribution is -2.36. The molecule has 3 rings (SSSR count). The summed E-state index contributed by atoms with van der Waals surface area (Å²) >= 11 is 0. The van der Waals surface area contributed by atoms with Gasteiger partial charge in [0, 0.05) is 18.9 Å². The number of hydrogen-bond acceptors (Lipinski definition) is 4. The standard InChI is InChI=1S/C15H19N3O2/c1-11-5-6-14-16-12(10-18(14)8-11)9-17-7-3-4-13(17)15(19)20-2/h5-6,8,10,13H,3-4,7,9H2,1-2H3. The van der Waals surface area contributed by atoms with Gasteiger partial charge in [0.05, 0.1) is 12.8 Å². The molecule has 1 saturated heterocycles. The second-order valence-electron chi connectivity index (χ2n) is 5.36. The summed E-state index contributed by atoms with van der Waals surface area (Å²) in [6, 6.07) is 3.95. The smallest absolute Gasteiger partial charge is 0.323 e. The molecule has 0 radical (unpaired) electrons. The number of hydrogen-bond donors (Lipinski definition) is 0. The number of carbonyl (C=O) groups excluding carboxylic acids is 1. The van der Waals surface area contributed by atoms with Gasteiger partial charge in [-0.3, -0.25) is 9.69 Å². The van der Waals surface area contributed by atoms with Gasteiger partial charge in [0.25, 0.3) is 0 Å². The molecule has 0 N–H and O–H groups in total. The van der Waals surface area contributed by atoms with Crippen molar-refractivity contribution in [3.05, 3.63) is 35.8 Å². The lowest BCUT2D eigenvalue weighted by molar-refractivity contribution is -0.146. The van der Waals surface area contributed by atoms with Crippen molar-refractivity contribution >= 4 is 11.6 Å². The summed E-state index contributed by atoms with van der Waals surface area (Å²) in [5.74, 6) is -0.137. The van der Waals surface area contributed by atoms with Crippen LogP contribution >= 0.6 is 0 Å². The van der Waals surface area contributed by atoms with E-state index in [1.165, 1.54) is 12.7 Å². The van der Waals surface area contributed by atoms with Crippen LogP contribution < -0.4 is 0 Å². The van der Waals surface area contributed by atoms with Crippen molar-refractivity contribution in [3.63, 3.8) is 0 Å². The minimum Gasteiger partial charge on any atom is -0.468 e. The summed E-state index contributed by atoms with van der Waals surface area (Å²) in [6.07, 6.45) is 6.01. The van der Waals surface area contributed by atoms with Crippen molar-refractivity contribution in [2.24, 2.45) is 0 Å². The number of likely N-dealkylation sites (tertiary alicyclic amines) is 1. The van der Waals surface area contributed by atoms with Crippen molar-refractivity contribution in [2.75, 3.05) is 13.7 Å². The molecule has 0 aliphatic carbocycles. The molecular weight excluding hydrogens is 254 g/mol. The Labute approximate surface area is 118 Å². The fourth-order valence-corrected chi connectivity index (χ4v) is 2.86. The van der Waals surface area contributed by atoms with Gasteiger partial charge in [0.1, 0.15) is 11.7 Å². The molecule has 3 heterocycles. The van der Waals surface area contributed by atoms with Gasteiger partial charge < -0.3 is 9.14 Å². The normalized spacial score (nSPS) is 19.6. The Balaban J connectivity index is 1.80. The third kappa shape index (κ3) is 2.41. The van der Waals surface area contributed by atoms with Crippen LogP contribution in [-0.4, -0.2) is 40.0 Å². The minimum absolute atomic E-state index is 0.119. The van der Waals surface area contributed by atoms with E-state index in [1.807, 2.05) is 16.7 Å². The molecule has 1 atom stereocenters. The summed E-state index contributed by atoms with van der Waals surface area (Å²) in [4.78, 5) is 18.5. The molecule has 0 spiro atoms. The predicted octanol–water partition coefficient (Wildman–Crippen LogP) is 1.78. The molecule has 1 unspecified atom stereocenters. The van der Waals surface area contributed by atoms with Crippen LogP contribution in [0.1, 0.15) is 24.1 Å². The molecule has 5 heteroatoms. The molecular formula is C15H19N3O2. The molecule has 2 aromatic rings. The van der Waals surface area contributed by atoms with Crippen LogP contribution in [0, 0.1) is 6.92 Å². The zero-order valence-corrected chi connectivity index (χ0v) is 11.9. The SMILES string of the molecule is COC(=O)C1CCCN1Cc1cn2cc(C)ccc2n1. The van der Waals surface area contributed by atoms with Gasteiger partial charge in [-0.2, -0.15) is 0 Å². The first-order chi connectivity index (χ1) is 9.67. The highest BCUT2D eigenvalue weighted by Crippen LogP contribution is 2.21. The lowest BCUT2D eigenvalue weighted by atomic mass is 10.2. The summed E-state index contributed by atoms with van der Waals surface area (Å²) < 4.78 is 6.91. The molecule has 2 aromatic heterocycles. The molecule has 0 bridgehead atoms. The van der Waals surface area contributed by atoms with Gasteiger partial charge in [-0.25, -0.2) is 4.98 Å². The Kier molecular flexibility index (Phi) is 3.44. The Morgan fingerprint density at radius 3 is 3.10 bits per heavy atom. The minimum atomic E-state index is -0.137. The van der Waals surface area contributed by atoms with Crippen LogP contribution in [0.3, 0.4) is 0 Å². The highest BCUT2D eigenvalue weighted by Gasteiger charge is 2.31. The first-order valence-corrected chi connectivity index (χ1v) is 6.93. The van der Waals surface area contributed by atoms with E-state index in [4.69, 9.17) is 4.74 Å². The monoisotopic (exact) mass is 273 g/mol. The molecule has 5 nitrogen and oxygen atoms in total. The largest absolute Gasteiger partial charge is 0.468 e. The molecule has 1 fully saturated rings. The Bertz CT molecular complexity index is 635. The van der Waals surface area contributed by atoms with Crippen molar-refractivity contribution in [3.8, 4) is 0 Å². The Morgan fingerprint density at radius 1 is 1.45 bits per heavy atom. The van der Waals surface area contributed by atoms with Gasteiger partial charge in [0.2, 0.25) is 0 Å². The third-order valence-electron chi connectivity index (χ3n) is 3.85. The molecule has 1 aliphatic heterocycles. The van der Waals surface area contributed by atoms with E-state index in [0.717, 1.165) is 30.7 Å². The number of ether oxygens (including phenoxy) is 1. The summed E-state index contributed by atoms with van der Waals surface area (Å²) in [5.41, 5.74) is 3.14. The second kappa shape index (κ2) is 5.25. The van der Waals surface area contributed by atoms with Gasteiger partial charge in [0.15, 0.2) is 0 Å². The van der Waals surface area contributed by atoms with Crippen LogP contribution in [0.4, 0.5) is 0 Å². The Morgan fingerprint density at radius 2 is 2.30 bits per heavy atom. The maximum atomic E-state index is 11.7. The van der Waals surface area contributed by atoms with Crippen LogP contribution in [0.15, 0.2) is 24.5 Å². The van der Waals surface area contributed by atoms with Gasteiger partial charge >= 0.3 is 5.97 Å². The number of nitrogens with zero attached hydrogens (tertiary/aromatic N) is 3. The number of methoxy groups -OCH3 is 1. The van der Waals surface area contributed by atoms with E-state index in [-0.39, 0.29) is 12.0 Å². The maximum Gasteiger partial charge on any atom is 0.323 e. The van der Waals surface area contributed by atoms with Crippen LogP contribution in [0.5, 0.6) is 0 Å². The quantitative estimate of drug-likeness (QED) is 0.800. The van der Waals surface area contributed by atoms with E-state index in [9.17, 15) is 4.79 Å². The van der Waals surface area contributed by atoms with Crippen molar-refractivity contribution in [1.82, 2.24) is 14.3 Å². The van der Waals surface area contributed by atoms with Gasteiger partial charge in [-0.15, -0.1) is 0 Å². The number of aryl methyl sites for hydroxylation is 1. The van der Waals surface area contributed by atoms with Gasteiger partial charge in [-0.05, 0) is 37.9 Å². The molecule has 0 amide bonds. The van der Waals surface area contributed by atoms with E-state index in [2.05, 4.69) is 29.1 Å². The Hall–Kier alpha value is -1.88. The number of esters is 1. The second-order valence-corrected chi connectivity index (χ2v) is 5.36. The highest BCUT2D eigenvalue weighted by atomic mass is 16.5. The van der Waals surface area contributed by atoms with E-state index in [0.29, 0.717) is 6.54 Å². The van der Waals surface area contributed by atoms with Crippen LogP contribution in [0.25, 0.3) is 5.65 Å². The van der Waals surface area contributed by atoms with Crippen molar-refractivity contribution in [2.45, 2.75) is 32.4 Å². The number of imidazole rings is 1. The molecule has 0 aromatic carbocycles. The lowest BCUT2D eigenvalue weighted by Gasteiger charge is -2.20. The fourth-order valence-electron chi connectivity index (χ4n) is 2.86. The molecule has 0 saturated carbocycles. The first-order valence-electron chi connectivity index (χ1n) is 6.93. The zero-order valence-electron chi connectivity index (χ0n) is 11.9. The third-order valence-corrected chi connectivity index (χ3v) is 3.85. The fraction of sp³-hybridized carbons (Fsp3) is 0.467. The number of fused-ring (bicyclic) bond motifs is 1. The van der Waals surface area contributed by atoms with E-state index in [1.54, 1.807) is 0 Å². The first kappa shape index (κ1) is 13.1. The van der Waals surface area contributed by atoms with Gasteiger partial charge in [-0.1, -0.05) is 6.07 Å². The van der Waals surface area contributed by atoms with Crippen LogP contribution in [-0.2, 0) is 16.1 Å². The van der Waals surface area contributed by atoms with Crippen LogP contribution in [0.2, 0.25) is 0 Å². The number of pyridine rings is 1. The zero-order chi connectivity index (χ0) is 14.1. The number of carbonyl (C=O) groups is 1. The average Bonchev–Trinajstić information content (AvgIpc) is 3.04. The average molecular weight is 273 g/mol. The highest BCUT2D eigenvalue weighted by molar-refractivity contribution is 5.75.